The summed E-state index contributed by atoms with van der Waals surface area (Å²) >= 11 is 1.36. The van der Waals surface area contributed by atoms with E-state index in [1.165, 1.54) is 11.8 Å². The van der Waals surface area contributed by atoms with Gasteiger partial charge < -0.3 is 5.32 Å². The quantitative estimate of drug-likeness (QED) is 0.687. The van der Waals surface area contributed by atoms with E-state index in [-0.39, 0.29) is 17.2 Å². The van der Waals surface area contributed by atoms with Crippen molar-refractivity contribution in [2.75, 3.05) is 5.32 Å². The molecule has 0 radical (unpaired) electrons. The molecule has 1 atom stereocenters. The summed E-state index contributed by atoms with van der Waals surface area (Å²) in [5, 5.41) is 15.6. The number of aromatic nitrogens is 5. The molecule has 0 spiro atoms. The van der Waals surface area contributed by atoms with E-state index in [0.29, 0.717) is 11.0 Å². The van der Waals surface area contributed by atoms with Gasteiger partial charge in [0.1, 0.15) is 12.1 Å². The number of carbonyl (C=O) groups is 1. The first-order valence-electron chi connectivity index (χ1n) is 8.02. The van der Waals surface area contributed by atoms with Crippen molar-refractivity contribution in [3.63, 3.8) is 0 Å². The molecule has 1 aromatic carbocycles. The minimum atomic E-state index is -0.331. The molecule has 25 heavy (non-hydrogen) atoms. The number of nitrogens with one attached hydrogen (secondary N) is 1. The fourth-order valence-corrected chi connectivity index (χ4v) is 3.18. The van der Waals surface area contributed by atoms with Gasteiger partial charge in [0.15, 0.2) is 5.16 Å². The molecule has 0 bridgehead atoms. The van der Waals surface area contributed by atoms with Crippen molar-refractivity contribution in [1.82, 2.24) is 24.5 Å². The summed E-state index contributed by atoms with van der Waals surface area (Å²) in [5.41, 5.74) is 0.959. The number of para-hydroxylation sites is 1. The topological polar surface area (TPSA) is 77.6 Å². The third-order valence-corrected chi connectivity index (χ3v) is 4.67. The third kappa shape index (κ3) is 3.90. The molecule has 8 heteroatoms. The zero-order chi connectivity index (χ0) is 17.8. The summed E-state index contributed by atoms with van der Waals surface area (Å²) in [6, 6.07) is 11.8. The number of nitrogens with zero attached hydrogens (tertiary/aromatic N) is 5. The van der Waals surface area contributed by atoms with E-state index in [0.717, 1.165) is 5.69 Å². The molecule has 2 heterocycles. The Balaban J connectivity index is 1.71. The van der Waals surface area contributed by atoms with Crippen LogP contribution in [-0.2, 0) is 4.79 Å². The Kier molecular flexibility index (Phi) is 5.18. The van der Waals surface area contributed by atoms with E-state index in [1.54, 1.807) is 23.3 Å². The van der Waals surface area contributed by atoms with Gasteiger partial charge in [0.05, 0.1) is 11.4 Å². The molecule has 0 aliphatic carbocycles. The first kappa shape index (κ1) is 17.2. The minimum Gasteiger partial charge on any atom is -0.310 e. The van der Waals surface area contributed by atoms with Crippen molar-refractivity contribution in [3.8, 4) is 5.69 Å². The second-order valence-electron chi connectivity index (χ2n) is 5.82. The maximum atomic E-state index is 12.5. The number of anilines is 1. The number of thioether (sulfide) groups is 1. The van der Waals surface area contributed by atoms with Crippen LogP contribution < -0.4 is 5.32 Å². The largest absolute Gasteiger partial charge is 0.310 e. The van der Waals surface area contributed by atoms with Crippen LogP contribution in [0.1, 0.15) is 26.8 Å². The van der Waals surface area contributed by atoms with Gasteiger partial charge in [0, 0.05) is 17.8 Å². The van der Waals surface area contributed by atoms with Crippen LogP contribution in [-0.4, -0.2) is 35.7 Å². The molecule has 3 aromatic rings. The minimum absolute atomic E-state index is 0.102. The molecule has 1 N–H and O–H groups in total. The Labute approximate surface area is 150 Å². The first-order chi connectivity index (χ1) is 12.1. The number of hydrogen-bond donors (Lipinski definition) is 1. The average Bonchev–Trinajstić information content (AvgIpc) is 3.25. The molecule has 0 saturated heterocycles. The molecule has 1 amide bonds. The van der Waals surface area contributed by atoms with Gasteiger partial charge in [0.2, 0.25) is 5.91 Å². The van der Waals surface area contributed by atoms with Crippen molar-refractivity contribution in [2.45, 2.75) is 37.2 Å². The van der Waals surface area contributed by atoms with Gasteiger partial charge in [-0.25, -0.2) is 4.68 Å². The third-order valence-electron chi connectivity index (χ3n) is 3.61. The lowest BCUT2D eigenvalue weighted by atomic mass is 10.3. The van der Waals surface area contributed by atoms with E-state index in [1.807, 2.05) is 55.7 Å². The Morgan fingerprint density at radius 1 is 1.16 bits per heavy atom. The summed E-state index contributed by atoms with van der Waals surface area (Å²) in [7, 11) is 0. The Hall–Kier alpha value is -2.61. The van der Waals surface area contributed by atoms with E-state index in [2.05, 4.69) is 20.6 Å². The Bertz CT molecular complexity index is 842. The molecule has 7 nitrogen and oxygen atoms in total. The zero-order valence-corrected chi connectivity index (χ0v) is 15.1. The van der Waals surface area contributed by atoms with Crippen LogP contribution in [0.2, 0.25) is 0 Å². The number of amides is 1. The van der Waals surface area contributed by atoms with Crippen molar-refractivity contribution in [1.29, 1.82) is 0 Å². The van der Waals surface area contributed by atoms with E-state index in [9.17, 15) is 4.79 Å². The second kappa shape index (κ2) is 7.52. The average molecular weight is 356 g/mol. The van der Waals surface area contributed by atoms with Gasteiger partial charge in [-0.1, -0.05) is 30.0 Å². The summed E-state index contributed by atoms with van der Waals surface area (Å²) in [5.74, 6) is 0.590. The standard InChI is InChI=1S/C17H20N6OS/c1-12(2)23-15(9-10-19-23)20-16(24)13(3)25-17-21-18-11-22(17)14-7-5-4-6-8-14/h4-13H,1-3H3,(H,20,24)/t13-/m0/s1. The SMILES string of the molecule is CC(C)n1nccc1NC(=O)[C@H](C)Sc1nncn1-c1ccccc1. The lowest BCUT2D eigenvalue weighted by Gasteiger charge is -2.15. The normalized spacial score (nSPS) is 12.3. The highest BCUT2D eigenvalue weighted by atomic mass is 32.2. The molecule has 3 rings (SSSR count). The lowest BCUT2D eigenvalue weighted by Crippen LogP contribution is -2.25. The molecule has 0 saturated carbocycles. The summed E-state index contributed by atoms with van der Waals surface area (Å²) in [6.07, 6.45) is 3.33. The maximum absolute atomic E-state index is 12.5. The predicted molar refractivity (Wildman–Crippen MR) is 97.9 cm³/mol. The van der Waals surface area contributed by atoms with E-state index >= 15 is 0 Å². The van der Waals surface area contributed by atoms with Crippen molar-refractivity contribution >= 4 is 23.5 Å². The molecule has 0 fully saturated rings. The van der Waals surface area contributed by atoms with Gasteiger partial charge in [-0.3, -0.25) is 9.36 Å². The van der Waals surface area contributed by atoms with Gasteiger partial charge in [-0.2, -0.15) is 5.10 Å². The monoisotopic (exact) mass is 356 g/mol. The molecule has 0 unspecified atom stereocenters. The number of benzene rings is 1. The van der Waals surface area contributed by atoms with Gasteiger partial charge >= 0.3 is 0 Å². The molecule has 130 valence electrons. The lowest BCUT2D eigenvalue weighted by molar-refractivity contribution is -0.115. The fraction of sp³-hybridized carbons (Fsp3) is 0.294. The number of rotatable bonds is 6. The first-order valence-corrected chi connectivity index (χ1v) is 8.90. The summed E-state index contributed by atoms with van der Waals surface area (Å²) in [6.45, 7) is 5.88. The fourth-order valence-electron chi connectivity index (χ4n) is 2.33. The zero-order valence-electron chi connectivity index (χ0n) is 14.3. The van der Waals surface area contributed by atoms with Gasteiger partial charge in [-0.15, -0.1) is 10.2 Å². The number of carbonyl (C=O) groups excluding carboxylic acids is 1. The van der Waals surface area contributed by atoms with E-state index in [4.69, 9.17) is 0 Å². The van der Waals surface area contributed by atoms with Crippen LogP contribution in [0.4, 0.5) is 5.82 Å². The van der Waals surface area contributed by atoms with Gasteiger partial charge in [-0.05, 0) is 32.9 Å². The predicted octanol–water partition coefficient (Wildman–Crippen LogP) is 3.16. The second-order valence-corrected chi connectivity index (χ2v) is 7.13. The maximum Gasteiger partial charge on any atom is 0.238 e. The highest BCUT2D eigenvalue weighted by Crippen LogP contribution is 2.25. The number of hydrogen-bond acceptors (Lipinski definition) is 5. The summed E-state index contributed by atoms with van der Waals surface area (Å²) < 4.78 is 3.65. The molecule has 0 aliphatic heterocycles. The highest BCUT2D eigenvalue weighted by Gasteiger charge is 2.20. The van der Waals surface area contributed by atoms with Crippen molar-refractivity contribution in [2.24, 2.45) is 0 Å². The van der Waals surface area contributed by atoms with Crippen LogP contribution in [0.15, 0.2) is 54.1 Å². The van der Waals surface area contributed by atoms with Gasteiger partial charge in [0.25, 0.3) is 0 Å². The Morgan fingerprint density at radius 2 is 1.92 bits per heavy atom. The smallest absolute Gasteiger partial charge is 0.238 e. The summed E-state index contributed by atoms with van der Waals surface area (Å²) in [4.78, 5) is 12.5. The highest BCUT2D eigenvalue weighted by molar-refractivity contribution is 8.00. The molecular weight excluding hydrogens is 336 g/mol. The van der Waals surface area contributed by atoms with Crippen molar-refractivity contribution < 1.29 is 4.79 Å². The van der Waals surface area contributed by atoms with Crippen LogP contribution in [0.5, 0.6) is 0 Å². The van der Waals surface area contributed by atoms with Crippen LogP contribution in [0.3, 0.4) is 0 Å². The Morgan fingerprint density at radius 3 is 2.64 bits per heavy atom. The molecule has 2 aromatic heterocycles. The molecule has 0 aliphatic rings. The van der Waals surface area contributed by atoms with Crippen LogP contribution in [0.25, 0.3) is 5.69 Å². The van der Waals surface area contributed by atoms with Crippen LogP contribution in [0, 0.1) is 0 Å². The van der Waals surface area contributed by atoms with Crippen molar-refractivity contribution in [3.05, 3.63) is 48.9 Å². The van der Waals surface area contributed by atoms with Crippen LogP contribution >= 0.6 is 11.8 Å². The van der Waals surface area contributed by atoms with E-state index < -0.39 is 0 Å². The molecular formula is C17H20N6OS.